The smallest absolute Gasteiger partial charge is 0.0652 e. The molecule has 4 aromatic carbocycles. The molecule has 2 atom stereocenters. The van der Waals surface area contributed by atoms with Gasteiger partial charge >= 0.3 is 0 Å². The third kappa shape index (κ3) is 3.70. The highest BCUT2D eigenvalue weighted by Crippen LogP contribution is 2.52. The Balaban J connectivity index is 1.36. The molecule has 0 radical (unpaired) electrons. The predicted octanol–water partition coefficient (Wildman–Crippen LogP) is 7.65. The quantitative estimate of drug-likeness (QED) is 0.240. The number of hydrogen-bond acceptors (Lipinski definition) is 3. The van der Waals surface area contributed by atoms with Crippen molar-refractivity contribution in [1.29, 1.82) is 0 Å². The van der Waals surface area contributed by atoms with Crippen LogP contribution in [0.15, 0.2) is 114 Å². The fourth-order valence-corrected chi connectivity index (χ4v) is 5.42. The summed E-state index contributed by atoms with van der Waals surface area (Å²) in [5.74, 6) is 0.605. The molecule has 2 unspecified atom stereocenters. The van der Waals surface area contributed by atoms with Crippen molar-refractivity contribution in [2.45, 2.75) is 31.2 Å². The number of hydrazone groups is 1. The molecule has 0 bridgehead atoms. The maximum absolute atomic E-state index is 4.92. The Labute approximate surface area is 195 Å². The summed E-state index contributed by atoms with van der Waals surface area (Å²) < 4.78 is 0. The third-order valence-corrected chi connectivity index (χ3v) is 6.88. The van der Waals surface area contributed by atoms with E-state index >= 15 is 0 Å². The molecule has 3 heteroatoms. The van der Waals surface area contributed by atoms with Crippen molar-refractivity contribution in [3.8, 4) is 0 Å². The van der Waals surface area contributed by atoms with Crippen molar-refractivity contribution in [2.75, 3.05) is 9.91 Å². The monoisotopic (exact) mass is 429 g/mol. The standard InChI is InChI=1S/C30H27N3/c1-4-11-24(12-5-1)32-29-18-10-17-27(29)28-21-23(19-20-30(28)32)22-31-33(25-13-6-2-7-14-25)26-15-8-3-9-16-26/h1-9,11-16,19-22,27,29H,10,17-18H2/b31-22+. The Hall–Kier alpha value is -3.85. The molecular weight excluding hydrogens is 402 g/mol. The van der Waals surface area contributed by atoms with Crippen LogP contribution in [0, 0.1) is 0 Å². The fourth-order valence-electron chi connectivity index (χ4n) is 5.42. The van der Waals surface area contributed by atoms with E-state index in [1.54, 1.807) is 0 Å². The zero-order chi connectivity index (χ0) is 22.0. The van der Waals surface area contributed by atoms with Crippen LogP contribution in [-0.4, -0.2) is 12.3 Å². The minimum Gasteiger partial charge on any atom is -0.338 e. The van der Waals surface area contributed by atoms with Crippen LogP contribution < -0.4 is 9.91 Å². The molecule has 6 rings (SSSR count). The number of benzene rings is 4. The van der Waals surface area contributed by atoms with Gasteiger partial charge in [0.05, 0.1) is 17.6 Å². The SMILES string of the molecule is C(=N\N(c1ccccc1)c1ccccc1)/c1ccc2c(c1)C1CCCC1N2c1ccccc1. The number of nitrogens with zero attached hydrogens (tertiary/aromatic N) is 3. The number of para-hydroxylation sites is 3. The van der Waals surface area contributed by atoms with Crippen LogP contribution in [0.3, 0.4) is 0 Å². The predicted molar refractivity (Wildman–Crippen MR) is 138 cm³/mol. The lowest BCUT2D eigenvalue weighted by molar-refractivity contribution is 0.642. The highest BCUT2D eigenvalue weighted by Gasteiger charge is 2.41. The molecule has 2 aliphatic rings. The minimum absolute atomic E-state index is 0.569. The van der Waals surface area contributed by atoms with Gasteiger partial charge in [-0.25, -0.2) is 5.01 Å². The molecule has 0 aromatic heterocycles. The summed E-state index contributed by atoms with van der Waals surface area (Å²) in [4.78, 5) is 2.56. The van der Waals surface area contributed by atoms with Crippen LogP contribution in [0.1, 0.15) is 36.3 Å². The van der Waals surface area contributed by atoms with Crippen molar-refractivity contribution in [3.05, 3.63) is 120 Å². The second-order valence-electron chi connectivity index (χ2n) is 8.86. The molecule has 0 amide bonds. The molecule has 1 fully saturated rings. The summed E-state index contributed by atoms with van der Waals surface area (Å²) >= 11 is 0. The average Bonchev–Trinajstić information content (AvgIpc) is 3.47. The molecule has 3 nitrogen and oxygen atoms in total. The Kier molecular flexibility index (Phi) is 5.16. The highest BCUT2D eigenvalue weighted by atomic mass is 15.5. The van der Waals surface area contributed by atoms with Gasteiger partial charge < -0.3 is 4.90 Å². The van der Waals surface area contributed by atoms with Gasteiger partial charge in [-0.2, -0.15) is 5.10 Å². The Morgan fingerprint density at radius 3 is 2.03 bits per heavy atom. The first-order valence-corrected chi connectivity index (χ1v) is 11.8. The van der Waals surface area contributed by atoms with E-state index in [1.165, 1.54) is 36.2 Å². The summed E-state index contributed by atoms with van der Waals surface area (Å²) in [7, 11) is 0. The summed E-state index contributed by atoms with van der Waals surface area (Å²) in [6.07, 6.45) is 5.82. The molecule has 162 valence electrons. The summed E-state index contributed by atoms with van der Waals surface area (Å²) in [5.41, 5.74) is 7.37. The van der Waals surface area contributed by atoms with Gasteiger partial charge in [0.25, 0.3) is 0 Å². The van der Waals surface area contributed by atoms with E-state index in [0.29, 0.717) is 12.0 Å². The second kappa shape index (κ2) is 8.59. The first kappa shape index (κ1) is 19.8. The minimum atomic E-state index is 0.569. The van der Waals surface area contributed by atoms with Crippen LogP contribution in [0.2, 0.25) is 0 Å². The van der Waals surface area contributed by atoms with Gasteiger partial charge in [0.15, 0.2) is 0 Å². The van der Waals surface area contributed by atoms with Crippen LogP contribution in [0.5, 0.6) is 0 Å². The van der Waals surface area contributed by atoms with E-state index in [0.717, 1.165) is 16.9 Å². The summed E-state index contributed by atoms with van der Waals surface area (Å²) in [5, 5.41) is 6.92. The highest BCUT2D eigenvalue weighted by molar-refractivity contribution is 5.85. The largest absolute Gasteiger partial charge is 0.338 e. The Morgan fingerprint density at radius 2 is 1.36 bits per heavy atom. The maximum Gasteiger partial charge on any atom is 0.0652 e. The third-order valence-electron chi connectivity index (χ3n) is 6.88. The van der Waals surface area contributed by atoms with Crippen molar-refractivity contribution >= 4 is 29.0 Å². The molecule has 0 spiro atoms. The molecule has 4 aromatic rings. The van der Waals surface area contributed by atoms with E-state index in [1.807, 2.05) is 23.4 Å². The van der Waals surface area contributed by atoms with E-state index < -0.39 is 0 Å². The van der Waals surface area contributed by atoms with Crippen LogP contribution in [0.4, 0.5) is 22.7 Å². The molecule has 1 saturated carbocycles. The number of anilines is 4. The maximum atomic E-state index is 4.92. The van der Waals surface area contributed by atoms with Gasteiger partial charge in [0.1, 0.15) is 0 Å². The van der Waals surface area contributed by atoms with Crippen LogP contribution in [-0.2, 0) is 0 Å². The molecule has 0 N–H and O–H groups in total. The topological polar surface area (TPSA) is 18.8 Å². The van der Waals surface area contributed by atoms with E-state index in [9.17, 15) is 0 Å². The fraction of sp³-hybridized carbons (Fsp3) is 0.167. The summed E-state index contributed by atoms with van der Waals surface area (Å²) in [6.45, 7) is 0. The average molecular weight is 430 g/mol. The zero-order valence-electron chi connectivity index (χ0n) is 18.6. The Bertz CT molecular complexity index is 1210. The first-order valence-electron chi connectivity index (χ1n) is 11.8. The molecule has 0 saturated heterocycles. The molecular formula is C30H27N3. The second-order valence-corrected chi connectivity index (χ2v) is 8.86. The van der Waals surface area contributed by atoms with Crippen LogP contribution in [0.25, 0.3) is 0 Å². The zero-order valence-corrected chi connectivity index (χ0v) is 18.6. The van der Waals surface area contributed by atoms with E-state index in [2.05, 4.69) is 102 Å². The van der Waals surface area contributed by atoms with Crippen LogP contribution >= 0.6 is 0 Å². The first-order chi connectivity index (χ1) is 16.4. The number of fused-ring (bicyclic) bond motifs is 3. The molecule has 33 heavy (non-hydrogen) atoms. The lowest BCUT2D eigenvalue weighted by atomic mass is 9.96. The van der Waals surface area contributed by atoms with Crippen molar-refractivity contribution in [2.24, 2.45) is 5.10 Å². The van der Waals surface area contributed by atoms with Gasteiger partial charge in [-0.05, 0) is 72.5 Å². The van der Waals surface area contributed by atoms with E-state index in [-0.39, 0.29) is 0 Å². The number of rotatable bonds is 5. The lowest BCUT2D eigenvalue weighted by Crippen LogP contribution is -2.26. The van der Waals surface area contributed by atoms with Crippen molar-refractivity contribution < 1.29 is 0 Å². The van der Waals surface area contributed by atoms with Gasteiger partial charge in [-0.3, -0.25) is 0 Å². The van der Waals surface area contributed by atoms with Gasteiger partial charge in [0, 0.05) is 23.3 Å². The molecule has 1 heterocycles. The molecule has 1 aliphatic heterocycles. The lowest BCUT2D eigenvalue weighted by Gasteiger charge is -2.27. The van der Waals surface area contributed by atoms with Gasteiger partial charge in [-0.1, -0.05) is 67.1 Å². The summed E-state index contributed by atoms with van der Waals surface area (Å²) in [6, 6.07) is 38.9. The van der Waals surface area contributed by atoms with Gasteiger partial charge in [-0.15, -0.1) is 0 Å². The van der Waals surface area contributed by atoms with Crippen molar-refractivity contribution in [3.63, 3.8) is 0 Å². The molecule has 1 aliphatic carbocycles. The van der Waals surface area contributed by atoms with E-state index in [4.69, 9.17) is 5.10 Å². The van der Waals surface area contributed by atoms with Crippen molar-refractivity contribution in [1.82, 2.24) is 0 Å². The normalized spacial score (nSPS) is 19.0. The van der Waals surface area contributed by atoms with Gasteiger partial charge in [0.2, 0.25) is 0 Å². The number of hydrogen-bond donors (Lipinski definition) is 0. The Morgan fingerprint density at radius 1 is 0.727 bits per heavy atom.